The van der Waals surface area contributed by atoms with E-state index in [1.165, 1.54) is 5.54 Å². The Morgan fingerprint density at radius 1 is 1.60 bits per heavy atom. The summed E-state index contributed by atoms with van der Waals surface area (Å²) < 4.78 is 0. The van der Waals surface area contributed by atoms with Crippen LogP contribution < -0.4 is 0 Å². The molecule has 1 unspecified atom stereocenters. The molecule has 0 aromatic rings. The minimum atomic E-state index is 1.16. The van der Waals surface area contributed by atoms with Crippen molar-refractivity contribution in [3.8, 4) is 0 Å². The third kappa shape index (κ3) is 52.4. The van der Waals surface area contributed by atoms with E-state index in [1.807, 2.05) is 0 Å². The number of hydrogen-bond acceptors (Lipinski definition) is 0. The molecule has 0 radical (unpaired) electrons. The molecule has 0 N–H and O–H groups in total. The van der Waals surface area contributed by atoms with Crippen molar-refractivity contribution < 1.29 is 0 Å². The molecule has 0 aliphatic heterocycles. The molecule has 0 aromatic heterocycles. The fraction of sp³-hybridized carbons (Fsp3) is 0. The Kier molecular flexibility index (Phi) is 38.7. The molecule has 0 nitrogen and oxygen atoms in total. The summed E-state index contributed by atoms with van der Waals surface area (Å²) in [6.45, 7) is 3.13. The van der Waals surface area contributed by atoms with E-state index in [2.05, 4.69) is 6.58 Å². The van der Waals surface area contributed by atoms with Crippen LogP contribution in [0.2, 0.25) is 0 Å². The first kappa shape index (κ1) is 9.30. The molecule has 0 fully saturated rings. The Bertz CT molecular complexity index is 15.1. The van der Waals surface area contributed by atoms with Gasteiger partial charge in [0.15, 0.2) is 0 Å². The molecule has 0 bridgehead atoms. The van der Waals surface area contributed by atoms with Gasteiger partial charge in [-0.1, -0.05) is 18.2 Å². The van der Waals surface area contributed by atoms with Crippen molar-refractivity contribution in [1.82, 2.24) is 0 Å². The zero-order chi connectivity index (χ0) is 4.71. The van der Waals surface area contributed by atoms with Crippen LogP contribution in [0, 0.1) is 0 Å². The van der Waals surface area contributed by atoms with Crippen LogP contribution in [0.1, 0.15) is 0 Å². The third-order valence-electron chi connectivity index (χ3n) is 0. The fourth-order valence-electron chi connectivity index (χ4n) is 0. The molecule has 0 saturated heterocycles. The van der Waals surface area contributed by atoms with Gasteiger partial charge >= 0.3 is 25.9 Å². The van der Waals surface area contributed by atoms with Gasteiger partial charge in [0.1, 0.15) is 0 Å². The molecule has 0 rings (SSSR count). The van der Waals surface area contributed by atoms with Gasteiger partial charge in [-0.15, -0.1) is 0 Å². The van der Waals surface area contributed by atoms with E-state index in [0.717, 1.165) is 15.9 Å². The predicted octanol–water partition coefficient (Wildman–Crippen LogP) is 1.14. The first-order valence-corrected chi connectivity index (χ1v) is 4.46. The summed E-state index contributed by atoms with van der Waals surface area (Å²) in [5, 5.41) is 0. The molecule has 0 spiro atoms. The van der Waals surface area contributed by atoms with Crippen LogP contribution in [-0.4, -0.2) is 15.9 Å². The van der Waals surface area contributed by atoms with E-state index >= 15 is 0 Å². The normalized spacial score (nSPS) is 3.80. The average molecular weight is 175 g/mol. The van der Waals surface area contributed by atoms with Crippen LogP contribution in [0.25, 0.3) is 0 Å². The summed E-state index contributed by atoms with van der Waals surface area (Å²) in [4.78, 5) is 0. The van der Waals surface area contributed by atoms with E-state index in [-0.39, 0.29) is 0 Å². The summed E-state index contributed by atoms with van der Waals surface area (Å²) >= 11 is 5.92. The maximum absolute atomic E-state index is 4.76. The van der Waals surface area contributed by atoms with Crippen molar-refractivity contribution in [3.63, 3.8) is 0 Å². The molecule has 0 heterocycles. The standard InChI is InChI=1S/C2H3Cl.AsClH2/c1-2-3;1-2/h2H,1H2;1H2. The summed E-state index contributed by atoms with van der Waals surface area (Å²) in [6.07, 6.45) is 0. The van der Waals surface area contributed by atoms with E-state index in [1.54, 1.807) is 0 Å². The van der Waals surface area contributed by atoms with Crippen molar-refractivity contribution in [2.24, 2.45) is 0 Å². The maximum atomic E-state index is 4.76. The topological polar surface area (TPSA) is 0 Å². The molecule has 3 heteroatoms. The second kappa shape index (κ2) is 20.8. The Labute approximate surface area is 49.8 Å². The van der Waals surface area contributed by atoms with Gasteiger partial charge in [-0.2, -0.15) is 0 Å². The first-order valence-electron chi connectivity index (χ1n) is 0.845. The van der Waals surface area contributed by atoms with Crippen molar-refractivity contribution >= 4 is 37.5 Å². The van der Waals surface area contributed by atoms with Gasteiger partial charge in [0.2, 0.25) is 0 Å². The third-order valence-corrected chi connectivity index (χ3v) is 0. The van der Waals surface area contributed by atoms with E-state index in [9.17, 15) is 0 Å². The van der Waals surface area contributed by atoms with Gasteiger partial charge in [-0.05, 0) is 5.54 Å². The number of rotatable bonds is 0. The van der Waals surface area contributed by atoms with Crippen molar-refractivity contribution in [3.05, 3.63) is 12.1 Å². The van der Waals surface area contributed by atoms with Crippen LogP contribution in [0.5, 0.6) is 0 Å². The fourth-order valence-corrected chi connectivity index (χ4v) is 0. The van der Waals surface area contributed by atoms with Crippen LogP contribution in [-0.2, 0) is 0 Å². The van der Waals surface area contributed by atoms with Crippen LogP contribution in [0.4, 0.5) is 0 Å². The van der Waals surface area contributed by atoms with Gasteiger partial charge in [-0.3, -0.25) is 0 Å². The number of halogens is 2. The van der Waals surface area contributed by atoms with Crippen molar-refractivity contribution in [2.75, 3.05) is 0 Å². The molecule has 0 aliphatic carbocycles. The molecule has 0 saturated carbocycles. The molecule has 32 valence electrons. The monoisotopic (exact) mass is 174 g/mol. The Hall–Kier alpha value is 0.878. The van der Waals surface area contributed by atoms with Crippen LogP contribution >= 0.6 is 21.6 Å². The minimum absolute atomic E-state index is 1.16. The zero-order valence-electron chi connectivity index (χ0n) is 2.62. The van der Waals surface area contributed by atoms with E-state index in [4.69, 9.17) is 21.6 Å². The molecule has 0 amide bonds. The quantitative estimate of drug-likeness (QED) is 0.484. The first-order chi connectivity index (χ1) is 2.41. The van der Waals surface area contributed by atoms with E-state index in [0.29, 0.717) is 0 Å². The van der Waals surface area contributed by atoms with Gasteiger partial charge in [0.05, 0.1) is 0 Å². The van der Waals surface area contributed by atoms with Crippen molar-refractivity contribution in [2.45, 2.75) is 0 Å². The van der Waals surface area contributed by atoms with Crippen LogP contribution in [0.15, 0.2) is 12.1 Å². The van der Waals surface area contributed by atoms with Gasteiger partial charge < -0.3 is 0 Å². The summed E-state index contributed by atoms with van der Waals surface area (Å²) in [7, 11) is 4.70. The SMILES string of the molecule is C=CCl.Cl[AsH2]. The Morgan fingerprint density at radius 2 is 1.60 bits per heavy atom. The Morgan fingerprint density at radius 3 is 1.60 bits per heavy atom. The second-order valence-corrected chi connectivity index (χ2v) is 0.463. The summed E-state index contributed by atoms with van der Waals surface area (Å²) in [5.41, 5.74) is 1.22. The van der Waals surface area contributed by atoms with Gasteiger partial charge in [-0.25, -0.2) is 0 Å². The van der Waals surface area contributed by atoms with E-state index < -0.39 is 0 Å². The molecular weight excluding hydrogens is 170 g/mol. The second-order valence-electron chi connectivity index (χ2n) is 0.154. The molecule has 5 heavy (non-hydrogen) atoms. The predicted molar refractivity (Wildman–Crippen MR) is 30.4 cm³/mol. The summed E-state index contributed by atoms with van der Waals surface area (Å²) in [6, 6.07) is 0. The molecular formula is C2H5AsCl2. The van der Waals surface area contributed by atoms with Gasteiger partial charge in [0, 0.05) is 0 Å². The molecule has 1 atom stereocenters. The molecule has 0 aromatic carbocycles. The Balaban J connectivity index is 0. The van der Waals surface area contributed by atoms with Gasteiger partial charge in [0.25, 0.3) is 0 Å². The van der Waals surface area contributed by atoms with Crippen molar-refractivity contribution in [1.29, 1.82) is 0 Å². The summed E-state index contributed by atoms with van der Waals surface area (Å²) in [5.74, 6) is 0. The average Bonchev–Trinajstić information content (AvgIpc) is 1.46. The molecule has 0 aliphatic rings. The van der Waals surface area contributed by atoms with Crippen LogP contribution in [0.3, 0.4) is 0 Å². The number of hydrogen-bond donors (Lipinski definition) is 0. The zero-order valence-corrected chi connectivity index (χ0v) is 6.55.